The molecule has 1 N–H and O–H groups in total. The van der Waals surface area contributed by atoms with Crippen LogP contribution in [0.15, 0.2) is 41.7 Å². The van der Waals surface area contributed by atoms with Crippen LogP contribution in [0.5, 0.6) is 5.75 Å². The Bertz CT molecular complexity index is 348. The van der Waals surface area contributed by atoms with E-state index in [1.165, 1.54) is 12.1 Å². The molecule has 0 radical (unpaired) electrons. The summed E-state index contributed by atoms with van der Waals surface area (Å²) in [6.07, 6.45) is 0. The van der Waals surface area contributed by atoms with Crippen molar-refractivity contribution in [2.75, 3.05) is 0 Å². The summed E-state index contributed by atoms with van der Waals surface area (Å²) in [4.78, 5) is -0.0160. The first-order valence-electron chi connectivity index (χ1n) is 3.35. The lowest BCUT2D eigenvalue weighted by Crippen LogP contribution is -1.97. The first-order valence-corrected chi connectivity index (χ1v) is 4.43. The molecule has 0 fully saturated rings. The van der Waals surface area contributed by atoms with E-state index >= 15 is 0 Å². The van der Waals surface area contributed by atoms with Gasteiger partial charge in [-0.15, -0.1) is 0 Å². The minimum Gasteiger partial charge on any atom is -0.768 e. The average molecular weight is 199 g/mol. The number of aliphatic hydroxyl groups excluding tert-OH is 1. The SMILES string of the molecule is C=C(O)Oc1ccccc1S(=O)[O-]. The highest BCUT2D eigenvalue weighted by atomic mass is 32.2. The lowest BCUT2D eigenvalue weighted by Gasteiger charge is -2.10. The Hall–Kier alpha value is -1.33. The minimum absolute atomic E-state index is 0.0160. The van der Waals surface area contributed by atoms with Gasteiger partial charge < -0.3 is 14.4 Å². The quantitative estimate of drug-likeness (QED) is 0.589. The van der Waals surface area contributed by atoms with Crippen LogP contribution in [0.4, 0.5) is 0 Å². The highest BCUT2D eigenvalue weighted by Crippen LogP contribution is 2.21. The molecule has 0 spiro atoms. The normalized spacial score (nSPS) is 12.1. The van der Waals surface area contributed by atoms with Crippen molar-refractivity contribution in [1.29, 1.82) is 0 Å². The van der Waals surface area contributed by atoms with Crippen LogP contribution in [0.3, 0.4) is 0 Å². The zero-order valence-corrected chi connectivity index (χ0v) is 7.41. The van der Waals surface area contributed by atoms with Crippen molar-refractivity contribution < 1.29 is 18.6 Å². The van der Waals surface area contributed by atoms with Crippen molar-refractivity contribution in [2.24, 2.45) is 0 Å². The Morgan fingerprint density at radius 3 is 2.69 bits per heavy atom. The molecule has 1 unspecified atom stereocenters. The Morgan fingerprint density at radius 2 is 2.15 bits per heavy atom. The number of ether oxygens (including phenoxy) is 1. The molecule has 0 aliphatic heterocycles. The van der Waals surface area contributed by atoms with Gasteiger partial charge in [0.15, 0.2) is 0 Å². The lowest BCUT2D eigenvalue weighted by atomic mass is 10.3. The molecule has 1 aromatic carbocycles. The molecule has 4 nitrogen and oxygen atoms in total. The molecule has 5 heteroatoms. The van der Waals surface area contributed by atoms with Crippen LogP contribution in [-0.4, -0.2) is 13.9 Å². The maximum Gasteiger partial charge on any atom is 0.274 e. The van der Waals surface area contributed by atoms with Gasteiger partial charge in [0.1, 0.15) is 5.75 Å². The summed E-state index contributed by atoms with van der Waals surface area (Å²) in [6, 6.07) is 5.93. The van der Waals surface area contributed by atoms with Gasteiger partial charge in [-0.05, 0) is 29.8 Å². The van der Waals surface area contributed by atoms with Crippen LogP contribution >= 0.6 is 0 Å². The van der Waals surface area contributed by atoms with Crippen molar-refractivity contribution in [3.05, 3.63) is 36.8 Å². The van der Waals surface area contributed by atoms with Gasteiger partial charge in [-0.3, -0.25) is 4.21 Å². The highest BCUT2D eigenvalue weighted by Gasteiger charge is 2.03. The molecule has 13 heavy (non-hydrogen) atoms. The summed E-state index contributed by atoms with van der Waals surface area (Å²) >= 11 is -2.38. The van der Waals surface area contributed by atoms with E-state index in [1.807, 2.05) is 0 Å². The number of aliphatic hydroxyl groups is 1. The van der Waals surface area contributed by atoms with E-state index in [0.717, 1.165) is 0 Å². The number of hydrogen-bond acceptors (Lipinski definition) is 4. The van der Waals surface area contributed by atoms with Crippen molar-refractivity contribution >= 4 is 11.1 Å². The monoisotopic (exact) mass is 199 g/mol. The first-order chi connectivity index (χ1) is 6.11. The topological polar surface area (TPSA) is 69.6 Å². The Morgan fingerprint density at radius 1 is 1.54 bits per heavy atom. The Kier molecular flexibility index (Phi) is 3.05. The third kappa shape index (κ3) is 2.57. The summed E-state index contributed by atoms with van der Waals surface area (Å²) in [5.74, 6) is -0.485. The molecular formula is C8H7O4S-. The van der Waals surface area contributed by atoms with Crippen LogP contribution in [-0.2, 0) is 11.1 Å². The fourth-order valence-corrected chi connectivity index (χ4v) is 1.26. The molecule has 0 heterocycles. The number of hydrogen-bond donors (Lipinski definition) is 1. The molecule has 1 rings (SSSR count). The fraction of sp³-hybridized carbons (Fsp3) is 0. The first kappa shape index (κ1) is 9.76. The van der Waals surface area contributed by atoms with E-state index in [0.29, 0.717) is 0 Å². The molecule has 1 atom stereocenters. The summed E-state index contributed by atoms with van der Waals surface area (Å²) in [6.45, 7) is 3.08. The van der Waals surface area contributed by atoms with Crippen LogP contribution < -0.4 is 4.74 Å². The highest BCUT2D eigenvalue weighted by molar-refractivity contribution is 7.79. The predicted octanol–water partition coefficient (Wildman–Crippen LogP) is 1.33. The molecule has 0 aliphatic rings. The van der Waals surface area contributed by atoms with Gasteiger partial charge >= 0.3 is 0 Å². The Labute approximate surface area is 77.8 Å². The van der Waals surface area contributed by atoms with E-state index in [2.05, 4.69) is 11.3 Å². The molecule has 0 aromatic heterocycles. The third-order valence-electron chi connectivity index (χ3n) is 1.26. The van der Waals surface area contributed by atoms with Gasteiger partial charge in [0.25, 0.3) is 5.95 Å². The third-order valence-corrected chi connectivity index (χ3v) is 1.95. The van der Waals surface area contributed by atoms with Crippen molar-refractivity contribution in [3.8, 4) is 5.75 Å². The van der Waals surface area contributed by atoms with E-state index in [4.69, 9.17) is 5.11 Å². The largest absolute Gasteiger partial charge is 0.768 e. The minimum atomic E-state index is -2.38. The predicted molar refractivity (Wildman–Crippen MR) is 46.0 cm³/mol. The van der Waals surface area contributed by atoms with Gasteiger partial charge in [0.2, 0.25) is 0 Å². The second kappa shape index (κ2) is 4.06. The van der Waals surface area contributed by atoms with Crippen LogP contribution in [0.1, 0.15) is 0 Å². The van der Waals surface area contributed by atoms with Crippen molar-refractivity contribution in [3.63, 3.8) is 0 Å². The van der Waals surface area contributed by atoms with Gasteiger partial charge in [-0.1, -0.05) is 12.1 Å². The van der Waals surface area contributed by atoms with Crippen molar-refractivity contribution in [2.45, 2.75) is 4.90 Å². The molecule has 70 valence electrons. The second-order valence-electron chi connectivity index (χ2n) is 2.18. The summed E-state index contributed by atoms with van der Waals surface area (Å²) in [5.41, 5.74) is 0. The fourth-order valence-electron chi connectivity index (χ4n) is 0.799. The van der Waals surface area contributed by atoms with E-state index in [9.17, 15) is 8.76 Å². The van der Waals surface area contributed by atoms with Crippen LogP contribution in [0, 0.1) is 0 Å². The number of para-hydroxylation sites is 1. The Balaban J connectivity index is 3.04. The van der Waals surface area contributed by atoms with Crippen LogP contribution in [0.2, 0.25) is 0 Å². The standard InChI is InChI=1S/C8H8O4S/c1-6(9)12-7-4-2-3-5-8(7)13(10)11/h2-5,9H,1H2,(H,10,11)/p-1. The molecule has 0 amide bonds. The molecular weight excluding hydrogens is 192 g/mol. The smallest absolute Gasteiger partial charge is 0.274 e. The molecule has 0 bridgehead atoms. The lowest BCUT2D eigenvalue weighted by molar-refractivity contribution is 0.208. The van der Waals surface area contributed by atoms with Crippen molar-refractivity contribution in [1.82, 2.24) is 0 Å². The summed E-state index contributed by atoms with van der Waals surface area (Å²) < 4.78 is 25.9. The van der Waals surface area contributed by atoms with Gasteiger partial charge in [-0.2, -0.15) is 0 Å². The summed E-state index contributed by atoms with van der Waals surface area (Å²) in [7, 11) is 0. The summed E-state index contributed by atoms with van der Waals surface area (Å²) in [5, 5.41) is 8.69. The zero-order chi connectivity index (χ0) is 9.84. The van der Waals surface area contributed by atoms with E-state index in [1.54, 1.807) is 12.1 Å². The number of benzene rings is 1. The van der Waals surface area contributed by atoms with Crippen LogP contribution in [0.25, 0.3) is 0 Å². The van der Waals surface area contributed by atoms with E-state index in [-0.39, 0.29) is 10.6 Å². The molecule has 1 aromatic rings. The number of rotatable bonds is 3. The zero-order valence-electron chi connectivity index (χ0n) is 6.60. The van der Waals surface area contributed by atoms with E-state index < -0.39 is 17.0 Å². The van der Waals surface area contributed by atoms with Gasteiger partial charge in [0.05, 0.1) is 4.90 Å². The second-order valence-corrected chi connectivity index (χ2v) is 3.09. The molecule has 0 saturated carbocycles. The molecule has 0 aliphatic carbocycles. The maximum absolute atomic E-state index is 10.6. The van der Waals surface area contributed by atoms with Gasteiger partial charge in [-0.25, -0.2) is 0 Å². The average Bonchev–Trinajstić information content (AvgIpc) is 2.03. The molecule has 0 saturated heterocycles. The van der Waals surface area contributed by atoms with Gasteiger partial charge in [0, 0.05) is 0 Å². The maximum atomic E-state index is 10.6.